The first kappa shape index (κ1) is 15.8. The van der Waals surface area contributed by atoms with Gasteiger partial charge in [-0.25, -0.2) is 9.59 Å². The molecule has 0 saturated heterocycles. The lowest BCUT2D eigenvalue weighted by Crippen LogP contribution is -2.55. The van der Waals surface area contributed by atoms with Gasteiger partial charge in [0.15, 0.2) is 0 Å². The highest BCUT2D eigenvalue weighted by atomic mass is 32.1. The van der Waals surface area contributed by atoms with Crippen LogP contribution in [0.2, 0.25) is 0 Å². The number of rotatable bonds is 4. The Bertz CT molecular complexity index is 531. The van der Waals surface area contributed by atoms with Gasteiger partial charge in [0.1, 0.15) is 5.00 Å². The van der Waals surface area contributed by atoms with Crippen LogP contribution in [-0.2, 0) is 0 Å². The third-order valence-electron chi connectivity index (χ3n) is 3.90. The molecule has 0 radical (unpaired) electrons. The van der Waals surface area contributed by atoms with E-state index < -0.39 is 17.5 Å². The van der Waals surface area contributed by atoms with Crippen molar-refractivity contribution >= 4 is 28.3 Å². The monoisotopic (exact) mass is 312 g/mol. The topological polar surface area (TPSA) is 98.7 Å². The predicted octanol–water partition coefficient (Wildman–Crippen LogP) is 2.51. The number of amides is 2. The molecule has 1 aromatic heterocycles. The number of hydrogen-bond acceptors (Lipinski definition) is 4. The Morgan fingerprint density at radius 3 is 2.90 bits per heavy atom. The number of aromatic carboxylic acids is 1. The highest BCUT2D eigenvalue weighted by Crippen LogP contribution is 2.32. The van der Waals surface area contributed by atoms with Crippen LogP contribution >= 0.6 is 11.3 Å². The number of anilines is 1. The van der Waals surface area contributed by atoms with E-state index in [9.17, 15) is 14.7 Å². The first-order chi connectivity index (χ1) is 9.96. The van der Waals surface area contributed by atoms with Gasteiger partial charge in [-0.05, 0) is 30.2 Å². The smallest absolute Gasteiger partial charge is 0.338 e. The van der Waals surface area contributed by atoms with Crippen LogP contribution in [0.15, 0.2) is 11.4 Å². The van der Waals surface area contributed by atoms with Crippen LogP contribution in [0.3, 0.4) is 0 Å². The normalized spacial score (nSPS) is 25.3. The molecule has 1 saturated carbocycles. The molecule has 1 heterocycles. The van der Waals surface area contributed by atoms with Gasteiger partial charge in [0.05, 0.1) is 17.7 Å². The molecule has 0 aliphatic heterocycles. The number of nitrogens with one attached hydrogen (secondary N) is 2. The number of thiophene rings is 1. The summed E-state index contributed by atoms with van der Waals surface area (Å²) in [6.45, 7) is 1.99. The number of carbonyl (C=O) groups is 2. The van der Waals surface area contributed by atoms with Gasteiger partial charge in [0, 0.05) is 0 Å². The zero-order valence-corrected chi connectivity index (χ0v) is 12.7. The molecular weight excluding hydrogens is 292 g/mol. The van der Waals surface area contributed by atoms with Gasteiger partial charge in [0.2, 0.25) is 0 Å². The number of aliphatic hydroxyl groups excluding tert-OH is 1. The summed E-state index contributed by atoms with van der Waals surface area (Å²) < 4.78 is 0. The fraction of sp³-hybridized carbons (Fsp3) is 0.571. The summed E-state index contributed by atoms with van der Waals surface area (Å²) in [4.78, 5) is 23.1. The van der Waals surface area contributed by atoms with Crippen molar-refractivity contribution in [2.45, 2.75) is 38.1 Å². The molecule has 6 nitrogen and oxygen atoms in total. The van der Waals surface area contributed by atoms with Gasteiger partial charge in [-0.15, -0.1) is 11.3 Å². The van der Waals surface area contributed by atoms with Crippen LogP contribution in [0.25, 0.3) is 0 Å². The van der Waals surface area contributed by atoms with Gasteiger partial charge in [-0.3, -0.25) is 5.32 Å². The van der Waals surface area contributed by atoms with E-state index >= 15 is 0 Å². The molecule has 0 aromatic carbocycles. The zero-order valence-electron chi connectivity index (χ0n) is 11.9. The number of aliphatic hydroxyl groups is 1. The van der Waals surface area contributed by atoms with E-state index in [1.54, 1.807) is 5.38 Å². The third kappa shape index (κ3) is 3.74. The average Bonchev–Trinajstić information content (AvgIpc) is 2.86. The highest BCUT2D eigenvalue weighted by molar-refractivity contribution is 7.14. The van der Waals surface area contributed by atoms with E-state index in [2.05, 4.69) is 17.6 Å². The van der Waals surface area contributed by atoms with Gasteiger partial charge in [-0.2, -0.15) is 0 Å². The molecule has 4 N–H and O–H groups in total. The SMILES string of the molecule is CC1CCCC(CO)(NC(=O)Nc2sccc2C(=O)O)C1. The van der Waals surface area contributed by atoms with E-state index in [4.69, 9.17) is 5.11 Å². The van der Waals surface area contributed by atoms with Crippen molar-refractivity contribution in [1.29, 1.82) is 0 Å². The molecule has 2 amide bonds. The number of carboxylic acid groups (broad SMARTS) is 1. The van der Waals surface area contributed by atoms with E-state index in [0.717, 1.165) is 37.0 Å². The minimum atomic E-state index is -1.07. The lowest BCUT2D eigenvalue weighted by molar-refractivity contribution is 0.0698. The summed E-state index contributed by atoms with van der Waals surface area (Å²) in [5.74, 6) is -0.628. The summed E-state index contributed by atoms with van der Waals surface area (Å²) in [5, 5.41) is 26.0. The Morgan fingerprint density at radius 1 is 1.52 bits per heavy atom. The largest absolute Gasteiger partial charge is 0.478 e. The van der Waals surface area contributed by atoms with Crippen molar-refractivity contribution in [2.75, 3.05) is 11.9 Å². The summed E-state index contributed by atoms with van der Waals surface area (Å²) in [5.41, 5.74) is -0.534. The van der Waals surface area contributed by atoms with Crippen molar-refractivity contribution in [3.05, 3.63) is 17.0 Å². The van der Waals surface area contributed by atoms with Crippen LogP contribution in [0.1, 0.15) is 43.0 Å². The molecule has 2 atom stereocenters. The molecular formula is C14H20N2O4S. The van der Waals surface area contributed by atoms with Crippen LogP contribution in [0.5, 0.6) is 0 Å². The Balaban J connectivity index is 2.03. The van der Waals surface area contributed by atoms with Crippen LogP contribution < -0.4 is 10.6 Å². The lowest BCUT2D eigenvalue weighted by Gasteiger charge is -2.39. The minimum Gasteiger partial charge on any atom is -0.478 e. The summed E-state index contributed by atoms with van der Waals surface area (Å²) >= 11 is 1.16. The van der Waals surface area contributed by atoms with Crippen LogP contribution in [-0.4, -0.2) is 34.4 Å². The molecule has 21 heavy (non-hydrogen) atoms. The molecule has 0 bridgehead atoms. The van der Waals surface area contributed by atoms with Gasteiger partial charge < -0.3 is 15.5 Å². The average molecular weight is 312 g/mol. The van der Waals surface area contributed by atoms with Gasteiger partial charge in [0.25, 0.3) is 0 Å². The lowest BCUT2D eigenvalue weighted by atomic mass is 9.77. The summed E-state index contributed by atoms with van der Waals surface area (Å²) in [7, 11) is 0. The van der Waals surface area contributed by atoms with Crippen molar-refractivity contribution in [1.82, 2.24) is 5.32 Å². The Morgan fingerprint density at radius 2 is 2.29 bits per heavy atom. The van der Waals surface area contributed by atoms with E-state index in [0.29, 0.717) is 10.9 Å². The molecule has 1 aliphatic carbocycles. The number of hydrogen-bond donors (Lipinski definition) is 4. The molecule has 2 rings (SSSR count). The first-order valence-corrected chi connectivity index (χ1v) is 7.84. The molecule has 0 spiro atoms. The fourth-order valence-corrected chi connectivity index (χ4v) is 3.68. The maximum atomic E-state index is 12.1. The third-order valence-corrected chi connectivity index (χ3v) is 4.73. The maximum absolute atomic E-state index is 12.1. The molecule has 7 heteroatoms. The molecule has 1 aliphatic rings. The molecule has 2 unspecified atom stereocenters. The fourth-order valence-electron chi connectivity index (χ4n) is 2.91. The molecule has 1 fully saturated rings. The quantitative estimate of drug-likeness (QED) is 0.686. The second-order valence-corrected chi connectivity index (χ2v) is 6.60. The van der Waals surface area contributed by atoms with Crippen molar-refractivity contribution in [3.8, 4) is 0 Å². The standard InChI is InChI=1S/C14H20N2O4S/c1-9-3-2-5-14(7-9,8-17)16-13(20)15-11-10(12(18)19)4-6-21-11/h4,6,9,17H,2-3,5,7-8H2,1H3,(H,18,19)(H2,15,16,20). The van der Waals surface area contributed by atoms with Gasteiger partial charge >= 0.3 is 12.0 Å². The maximum Gasteiger partial charge on any atom is 0.338 e. The van der Waals surface area contributed by atoms with Crippen molar-refractivity contribution in [3.63, 3.8) is 0 Å². The predicted molar refractivity (Wildman–Crippen MR) is 80.9 cm³/mol. The zero-order chi connectivity index (χ0) is 15.5. The Hall–Kier alpha value is -1.60. The number of carbonyl (C=O) groups excluding carboxylic acids is 1. The minimum absolute atomic E-state index is 0.0743. The number of urea groups is 1. The Labute approximate surface area is 127 Å². The van der Waals surface area contributed by atoms with Crippen LogP contribution in [0, 0.1) is 5.92 Å². The second-order valence-electron chi connectivity index (χ2n) is 5.69. The molecule has 1 aromatic rings. The van der Waals surface area contributed by atoms with E-state index in [-0.39, 0.29) is 12.2 Å². The van der Waals surface area contributed by atoms with Crippen molar-refractivity contribution in [2.24, 2.45) is 5.92 Å². The number of carboxylic acids is 1. The van der Waals surface area contributed by atoms with Gasteiger partial charge in [-0.1, -0.05) is 19.8 Å². The second kappa shape index (κ2) is 6.44. The van der Waals surface area contributed by atoms with E-state index in [1.807, 2.05) is 0 Å². The molecule has 116 valence electrons. The first-order valence-electron chi connectivity index (χ1n) is 6.96. The summed E-state index contributed by atoms with van der Waals surface area (Å²) in [6, 6.07) is 0.982. The Kier molecular flexibility index (Phi) is 4.84. The highest BCUT2D eigenvalue weighted by Gasteiger charge is 2.36. The van der Waals surface area contributed by atoms with Crippen LogP contribution in [0.4, 0.5) is 9.80 Å². The van der Waals surface area contributed by atoms with Crippen molar-refractivity contribution < 1.29 is 19.8 Å². The summed E-state index contributed by atoms with van der Waals surface area (Å²) in [6.07, 6.45) is 3.52. The van der Waals surface area contributed by atoms with E-state index in [1.165, 1.54) is 6.07 Å².